The summed E-state index contributed by atoms with van der Waals surface area (Å²) in [4.78, 5) is 12.7. The van der Waals surface area contributed by atoms with Gasteiger partial charge < -0.3 is 23.7 Å². The van der Waals surface area contributed by atoms with Crippen molar-refractivity contribution in [1.29, 1.82) is 0 Å². The van der Waals surface area contributed by atoms with Crippen molar-refractivity contribution in [3.63, 3.8) is 0 Å². The number of methoxy groups -OCH3 is 2. The number of carbonyl (C=O) groups is 1. The van der Waals surface area contributed by atoms with Gasteiger partial charge in [0.25, 0.3) is 0 Å². The van der Waals surface area contributed by atoms with E-state index in [2.05, 4.69) is 0 Å². The maximum atomic E-state index is 12.7. The molecule has 4 rings (SSSR count). The fourth-order valence-electron chi connectivity index (χ4n) is 3.01. The first-order valence-electron chi connectivity index (χ1n) is 7.55. The fourth-order valence-corrected chi connectivity index (χ4v) is 3.01. The van der Waals surface area contributed by atoms with Crippen LogP contribution < -0.4 is 23.7 Å². The van der Waals surface area contributed by atoms with Crippen LogP contribution in [-0.2, 0) is 0 Å². The average Bonchev–Trinajstić information content (AvgIpc) is 3.08. The Morgan fingerprint density at radius 2 is 1.83 bits per heavy atom. The van der Waals surface area contributed by atoms with E-state index in [4.69, 9.17) is 23.7 Å². The maximum Gasteiger partial charge on any atom is 0.231 e. The molecule has 2 aromatic carbocycles. The third kappa shape index (κ3) is 2.22. The first kappa shape index (κ1) is 14.7. The molecular weight excluding hydrogens is 312 g/mol. The minimum absolute atomic E-state index is 0.0489. The van der Waals surface area contributed by atoms with Gasteiger partial charge in [0.2, 0.25) is 12.5 Å². The molecule has 2 aliphatic heterocycles. The molecule has 124 valence electrons. The molecule has 2 heterocycles. The summed E-state index contributed by atoms with van der Waals surface area (Å²) in [5.74, 6) is 2.51. The molecule has 0 bridgehead atoms. The number of rotatable bonds is 3. The topological polar surface area (TPSA) is 63.2 Å². The Kier molecular flexibility index (Phi) is 3.45. The molecule has 0 amide bonds. The summed E-state index contributed by atoms with van der Waals surface area (Å²) < 4.78 is 27.4. The second-order valence-corrected chi connectivity index (χ2v) is 5.52. The number of ketones is 1. The molecule has 0 spiro atoms. The van der Waals surface area contributed by atoms with Crippen molar-refractivity contribution in [2.45, 2.75) is 12.5 Å². The van der Waals surface area contributed by atoms with E-state index in [-0.39, 0.29) is 25.1 Å². The van der Waals surface area contributed by atoms with Crippen LogP contribution >= 0.6 is 0 Å². The maximum absolute atomic E-state index is 12.7. The van der Waals surface area contributed by atoms with Crippen molar-refractivity contribution in [2.24, 2.45) is 0 Å². The van der Waals surface area contributed by atoms with E-state index < -0.39 is 0 Å². The van der Waals surface area contributed by atoms with Crippen molar-refractivity contribution in [1.82, 2.24) is 0 Å². The molecular formula is C18H16O6. The summed E-state index contributed by atoms with van der Waals surface area (Å²) in [5, 5.41) is 0. The van der Waals surface area contributed by atoms with Gasteiger partial charge in [0, 0.05) is 6.07 Å². The van der Waals surface area contributed by atoms with Gasteiger partial charge in [-0.1, -0.05) is 12.1 Å². The lowest BCUT2D eigenvalue weighted by molar-refractivity contribution is 0.0844. The molecule has 0 saturated heterocycles. The van der Waals surface area contributed by atoms with Crippen LogP contribution in [0.3, 0.4) is 0 Å². The zero-order valence-electron chi connectivity index (χ0n) is 13.3. The Balaban J connectivity index is 1.73. The summed E-state index contributed by atoms with van der Waals surface area (Å²) in [6, 6.07) is 9.17. The Bertz CT molecular complexity index is 796. The largest absolute Gasteiger partial charge is 0.497 e. The molecule has 0 radical (unpaired) electrons. The molecule has 6 nitrogen and oxygen atoms in total. The zero-order valence-corrected chi connectivity index (χ0v) is 13.3. The highest BCUT2D eigenvalue weighted by molar-refractivity contribution is 6.04. The lowest BCUT2D eigenvalue weighted by Crippen LogP contribution is -2.21. The Morgan fingerprint density at radius 3 is 2.54 bits per heavy atom. The van der Waals surface area contributed by atoms with E-state index in [0.29, 0.717) is 28.6 Å². The normalized spacial score (nSPS) is 17.9. The molecule has 0 aromatic heterocycles. The molecule has 0 N–H and O–H groups in total. The van der Waals surface area contributed by atoms with E-state index in [9.17, 15) is 4.79 Å². The standard InChI is InChI=1S/C18H16O6/c1-20-11-5-3-10(4-6-11)13-7-12(19)16-14(24-13)8-15-17(18(16)21-2)23-9-22-15/h3-6,8,13H,7,9H2,1-2H3/t13-/m0/s1. The smallest absolute Gasteiger partial charge is 0.231 e. The number of fused-ring (bicyclic) bond motifs is 2. The summed E-state index contributed by atoms with van der Waals surface area (Å²) in [6.45, 7) is 0.102. The molecule has 1 atom stereocenters. The molecule has 0 fully saturated rings. The summed E-state index contributed by atoms with van der Waals surface area (Å²) in [6.07, 6.45) is -0.129. The predicted octanol–water partition coefficient (Wildman–Crippen LogP) is 3.14. The van der Waals surface area contributed by atoms with Crippen LogP contribution in [0.4, 0.5) is 0 Å². The highest BCUT2D eigenvalue weighted by atomic mass is 16.7. The van der Waals surface area contributed by atoms with Gasteiger partial charge in [0.1, 0.15) is 23.2 Å². The van der Waals surface area contributed by atoms with E-state index in [1.807, 2.05) is 24.3 Å². The predicted molar refractivity (Wildman–Crippen MR) is 84.4 cm³/mol. The number of hydrogen-bond donors (Lipinski definition) is 0. The van der Waals surface area contributed by atoms with Crippen molar-refractivity contribution in [3.8, 4) is 28.7 Å². The second-order valence-electron chi connectivity index (χ2n) is 5.52. The first-order chi connectivity index (χ1) is 11.7. The van der Waals surface area contributed by atoms with Crippen LogP contribution in [0.2, 0.25) is 0 Å². The van der Waals surface area contributed by atoms with E-state index >= 15 is 0 Å². The third-order valence-electron chi connectivity index (χ3n) is 4.19. The number of benzene rings is 2. The fraction of sp³-hybridized carbons (Fsp3) is 0.278. The third-order valence-corrected chi connectivity index (χ3v) is 4.19. The van der Waals surface area contributed by atoms with E-state index in [0.717, 1.165) is 11.3 Å². The molecule has 24 heavy (non-hydrogen) atoms. The van der Waals surface area contributed by atoms with Crippen molar-refractivity contribution in [3.05, 3.63) is 41.5 Å². The quantitative estimate of drug-likeness (QED) is 0.862. The van der Waals surface area contributed by atoms with Crippen LogP contribution in [-0.4, -0.2) is 26.8 Å². The Morgan fingerprint density at radius 1 is 1.04 bits per heavy atom. The summed E-state index contributed by atoms with van der Waals surface area (Å²) >= 11 is 0. The van der Waals surface area contributed by atoms with Crippen molar-refractivity contribution < 1.29 is 28.5 Å². The minimum atomic E-state index is -0.360. The van der Waals surface area contributed by atoms with Crippen LogP contribution in [0.1, 0.15) is 28.4 Å². The highest BCUT2D eigenvalue weighted by Crippen LogP contribution is 2.51. The first-order valence-corrected chi connectivity index (χ1v) is 7.55. The van der Waals surface area contributed by atoms with Gasteiger partial charge in [-0.25, -0.2) is 0 Å². The highest BCUT2D eigenvalue weighted by Gasteiger charge is 2.35. The average molecular weight is 328 g/mol. The van der Waals surface area contributed by atoms with Crippen LogP contribution in [0, 0.1) is 0 Å². The number of Topliss-reactive ketones (excluding diaryl/α,β-unsaturated/α-hetero) is 1. The molecule has 2 aromatic rings. The SMILES string of the molecule is COc1ccc([C@@H]2CC(=O)c3c(cc4c(c3OC)OCO4)O2)cc1. The Labute approximate surface area is 138 Å². The van der Waals surface area contributed by atoms with E-state index in [1.54, 1.807) is 13.2 Å². The van der Waals surface area contributed by atoms with Gasteiger partial charge >= 0.3 is 0 Å². The summed E-state index contributed by atoms with van der Waals surface area (Å²) in [7, 11) is 3.11. The zero-order chi connectivity index (χ0) is 16.7. The minimum Gasteiger partial charge on any atom is -0.497 e. The molecule has 2 aliphatic rings. The van der Waals surface area contributed by atoms with Gasteiger partial charge in [-0.3, -0.25) is 4.79 Å². The lowest BCUT2D eigenvalue weighted by Gasteiger charge is -2.27. The van der Waals surface area contributed by atoms with Gasteiger partial charge in [-0.15, -0.1) is 0 Å². The van der Waals surface area contributed by atoms with Gasteiger partial charge in [0.15, 0.2) is 17.3 Å². The van der Waals surface area contributed by atoms with Crippen LogP contribution in [0.15, 0.2) is 30.3 Å². The van der Waals surface area contributed by atoms with E-state index in [1.165, 1.54) is 7.11 Å². The van der Waals surface area contributed by atoms with Gasteiger partial charge in [0.05, 0.1) is 20.6 Å². The lowest BCUT2D eigenvalue weighted by atomic mass is 9.95. The molecule has 6 heteroatoms. The molecule has 0 aliphatic carbocycles. The van der Waals surface area contributed by atoms with Crippen LogP contribution in [0.5, 0.6) is 28.7 Å². The number of hydrogen-bond acceptors (Lipinski definition) is 6. The Hall–Kier alpha value is -2.89. The number of carbonyl (C=O) groups excluding carboxylic acids is 1. The summed E-state index contributed by atoms with van der Waals surface area (Å²) in [5.41, 5.74) is 1.32. The molecule has 0 saturated carbocycles. The van der Waals surface area contributed by atoms with Crippen LogP contribution in [0.25, 0.3) is 0 Å². The second kappa shape index (κ2) is 5.63. The molecule has 0 unspecified atom stereocenters. The van der Waals surface area contributed by atoms with Gasteiger partial charge in [-0.2, -0.15) is 0 Å². The van der Waals surface area contributed by atoms with Crippen molar-refractivity contribution >= 4 is 5.78 Å². The monoisotopic (exact) mass is 328 g/mol. The van der Waals surface area contributed by atoms with Crippen molar-refractivity contribution in [2.75, 3.05) is 21.0 Å². The number of ether oxygens (including phenoxy) is 5. The van der Waals surface area contributed by atoms with Gasteiger partial charge in [-0.05, 0) is 17.7 Å².